The SMILES string of the molecule is CC(CN)=C1CCOC1. The van der Waals surface area contributed by atoms with E-state index in [-0.39, 0.29) is 0 Å². The number of ether oxygens (including phenoxy) is 1. The van der Waals surface area contributed by atoms with Gasteiger partial charge in [0.15, 0.2) is 0 Å². The smallest absolute Gasteiger partial charge is 0.0680 e. The Balaban J connectivity index is 2.55. The third kappa shape index (κ3) is 1.53. The highest BCUT2D eigenvalue weighted by molar-refractivity contribution is 5.15. The molecule has 1 fully saturated rings. The minimum Gasteiger partial charge on any atom is -0.377 e. The van der Waals surface area contributed by atoms with Crippen molar-refractivity contribution in [2.75, 3.05) is 19.8 Å². The molecule has 1 saturated heterocycles. The molecule has 1 aliphatic rings. The molecule has 52 valence electrons. The molecule has 0 unspecified atom stereocenters. The zero-order valence-electron chi connectivity index (χ0n) is 5.81. The van der Waals surface area contributed by atoms with Gasteiger partial charge >= 0.3 is 0 Å². The summed E-state index contributed by atoms with van der Waals surface area (Å²) in [6, 6.07) is 0. The van der Waals surface area contributed by atoms with Gasteiger partial charge in [0.2, 0.25) is 0 Å². The lowest BCUT2D eigenvalue weighted by Crippen LogP contribution is -2.03. The second-order valence-electron chi connectivity index (χ2n) is 2.39. The van der Waals surface area contributed by atoms with Crippen LogP contribution in [0.25, 0.3) is 0 Å². The molecule has 1 rings (SSSR count). The van der Waals surface area contributed by atoms with Crippen molar-refractivity contribution < 1.29 is 4.74 Å². The van der Waals surface area contributed by atoms with Crippen molar-refractivity contribution in [2.45, 2.75) is 13.3 Å². The van der Waals surface area contributed by atoms with Gasteiger partial charge in [0, 0.05) is 6.54 Å². The second kappa shape index (κ2) is 2.99. The molecule has 0 aromatic carbocycles. The van der Waals surface area contributed by atoms with Crippen molar-refractivity contribution in [2.24, 2.45) is 5.73 Å². The summed E-state index contributed by atoms with van der Waals surface area (Å²) in [4.78, 5) is 0. The van der Waals surface area contributed by atoms with Crippen LogP contribution < -0.4 is 5.73 Å². The standard InChI is InChI=1S/C7H13NO/c1-6(4-8)7-2-3-9-5-7/h2-5,8H2,1H3. The highest BCUT2D eigenvalue weighted by Gasteiger charge is 2.08. The Kier molecular flexibility index (Phi) is 2.25. The minimum atomic E-state index is 0.679. The van der Waals surface area contributed by atoms with E-state index in [9.17, 15) is 0 Å². The summed E-state index contributed by atoms with van der Waals surface area (Å²) in [5.74, 6) is 0. The molecule has 0 amide bonds. The summed E-state index contributed by atoms with van der Waals surface area (Å²) in [6.07, 6.45) is 1.09. The predicted octanol–water partition coefficient (Wildman–Crippen LogP) is 0.682. The lowest BCUT2D eigenvalue weighted by atomic mass is 10.1. The number of rotatable bonds is 1. The van der Waals surface area contributed by atoms with E-state index in [1.165, 1.54) is 11.1 Å². The molecule has 0 aromatic rings. The van der Waals surface area contributed by atoms with Gasteiger partial charge in [-0.05, 0) is 18.9 Å². The van der Waals surface area contributed by atoms with Gasteiger partial charge in [0.05, 0.1) is 13.2 Å². The van der Waals surface area contributed by atoms with Crippen molar-refractivity contribution in [1.82, 2.24) is 0 Å². The molecule has 2 nitrogen and oxygen atoms in total. The molecule has 0 radical (unpaired) electrons. The third-order valence-electron chi connectivity index (χ3n) is 1.73. The van der Waals surface area contributed by atoms with Crippen molar-refractivity contribution in [3.8, 4) is 0 Å². The lowest BCUT2D eigenvalue weighted by Gasteiger charge is -1.98. The van der Waals surface area contributed by atoms with Gasteiger partial charge in [-0.15, -0.1) is 0 Å². The Morgan fingerprint density at radius 3 is 3.00 bits per heavy atom. The Bertz CT molecular complexity index is 121. The monoisotopic (exact) mass is 127 g/mol. The first-order valence-electron chi connectivity index (χ1n) is 3.30. The molecule has 0 aromatic heterocycles. The maximum atomic E-state index is 5.44. The molecule has 0 bridgehead atoms. The van der Waals surface area contributed by atoms with Crippen LogP contribution in [0.15, 0.2) is 11.1 Å². The van der Waals surface area contributed by atoms with Crippen molar-refractivity contribution in [1.29, 1.82) is 0 Å². The van der Waals surface area contributed by atoms with E-state index in [0.717, 1.165) is 19.6 Å². The molecule has 9 heavy (non-hydrogen) atoms. The quantitative estimate of drug-likeness (QED) is 0.526. The molecule has 0 atom stereocenters. The number of nitrogens with two attached hydrogens (primary N) is 1. The third-order valence-corrected chi connectivity index (χ3v) is 1.73. The topological polar surface area (TPSA) is 35.2 Å². The van der Waals surface area contributed by atoms with Gasteiger partial charge in [-0.25, -0.2) is 0 Å². The molecular weight excluding hydrogens is 114 g/mol. The van der Waals surface area contributed by atoms with Crippen LogP contribution in [-0.4, -0.2) is 19.8 Å². The summed E-state index contributed by atoms with van der Waals surface area (Å²) in [5, 5.41) is 0. The molecule has 0 saturated carbocycles. The largest absolute Gasteiger partial charge is 0.377 e. The van der Waals surface area contributed by atoms with Gasteiger partial charge in [0.1, 0.15) is 0 Å². The fourth-order valence-corrected chi connectivity index (χ4v) is 0.944. The molecule has 0 aliphatic carbocycles. The zero-order valence-corrected chi connectivity index (χ0v) is 5.81. The summed E-state index contributed by atoms with van der Waals surface area (Å²) >= 11 is 0. The van der Waals surface area contributed by atoms with E-state index < -0.39 is 0 Å². The average molecular weight is 127 g/mol. The van der Waals surface area contributed by atoms with Crippen LogP contribution in [0.5, 0.6) is 0 Å². The van der Waals surface area contributed by atoms with Gasteiger partial charge in [-0.2, -0.15) is 0 Å². The Labute approximate surface area is 55.7 Å². The van der Waals surface area contributed by atoms with E-state index >= 15 is 0 Å². The maximum absolute atomic E-state index is 5.44. The highest BCUT2D eigenvalue weighted by atomic mass is 16.5. The lowest BCUT2D eigenvalue weighted by molar-refractivity contribution is 0.204. The fourth-order valence-electron chi connectivity index (χ4n) is 0.944. The van der Waals surface area contributed by atoms with Gasteiger partial charge in [-0.3, -0.25) is 0 Å². The summed E-state index contributed by atoms with van der Waals surface area (Å²) in [7, 11) is 0. The maximum Gasteiger partial charge on any atom is 0.0680 e. The average Bonchev–Trinajstić information content (AvgIpc) is 2.37. The van der Waals surface area contributed by atoms with E-state index in [2.05, 4.69) is 6.92 Å². The highest BCUT2D eigenvalue weighted by Crippen LogP contribution is 2.14. The molecule has 2 N–H and O–H groups in total. The van der Waals surface area contributed by atoms with Crippen molar-refractivity contribution >= 4 is 0 Å². The molecule has 0 spiro atoms. The Morgan fingerprint density at radius 1 is 1.78 bits per heavy atom. The van der Waals surface area contributed by atoms with Crippen LogP contribution in [0.1, 0.15) is 13.3 Å². The van der Waals surface area contributed by atoms with Crippen LogP contribution in [0.3, 0.4) is 0 Å². The van der Waals surface area contributed by atoms with Crippen LogP contribution in [0, 0.1) is 0 Å². The van der Waals surface area contributed by atoms with Crippen LogP contribution in [0.4, 0.5) is 0 Å². The van der Waals surface area contributed by atoms with Crippen LogP contribution in [-0.2, 0) is 4.74 Å². The van der Waals surface area contributed by atoms with E-state index in [0.29, 0.717) is 6.54 Å². The first-order valence-corrected chi connectivity index (χ1v) is 3.30. The fraction of sp³-hybridized carbons (Fsp3) is 0.714. The van der Waals surface area contributed by atoms with E-state index in [1.54, 1.807) is 0 Å². The first-order chi connectivity index (χ1) is 4.34. The summed E-state index contributed by atoms with van der Waals surface area (Å²) in [5.41, 5.74) is 8.14. The van der Waals surface area contributed by atoms with Crippen LogP contribution >= 0.6 is 0 Å². The predicted molar refractivity (Wildman–Crippen MR) is 37.2 cm³/mol. The first kappa shape index (κ1) is 6.78. The summed E-state index contributed by atoms with van der Waals surface area (Å²) < 4.78 is 5.17. The van der Waals surface area contributed by atoms with Gasteiger partial charge in [0.25, 0.3) is 0 Å². The zero-order chi connectivity index (χ0) is 6.69. The number of hydrogen-bond acceptors (Lipinski definition) is 2. The molecular formula is C7H13NO. The van der Waals surface area contributed by atoms with E-state index in [1.807, 2.05) is 0 Å². The van der Waals surface area contributed by atoms with Crippen molar-refractivity contribution in [3.05, 3.63) is 11.1 Å². The van der Waals surface area contributed by atoms with Gasteiger partial charge < -0.3 is 10.5 Å². The normalized spacial score (nSPS) is 24.7. The Morgan fingerprint density at radius 2 is 2.56 bits per heavy atom. The molecule has 1 aliphatic heterocycles. The second-order valence-corrected chi connectivity index (χ2v) is 2.39. The Hall–Kier alpha value is -0.340. The molecule has 2 heteroatoms. The summed E-state index contributed by atoms with van der Waals surface area (Å²) in [6.45, 7) is 4.44. The molecule has 1 heterocycles. The van der Waals surface area contributed by atoms with Crippen LogP contribution in [0.2, 0.25) is 0 Å². The minimum absolute atomic E-state index is 0.679. The van der Waals surface area contributed by atoms with E-state index in [4.69, 9.17) is 10.5 Å². The number of hydrogen-bond donors (Lipinski definition) is 1. The van der Waals surface area contributed by atoms with Crippen molar-refractivity contribution in [3.63, 3.8) is 0 Å². The van der Waals surface area contributed by atoms with Gasteiger partial charge in [-0.1, -0.05) is 5.57 Å².